The standard InChI is InChI=1S/C21H27F3N8O3S/c1-13-11-31(36(2,33)34)7-4-15(13)28-19-29-16-10-25-17(14-8-26-27-9-14)18(32(16)30-19)35-12-20(5-3-6-20)21(22,23)24/h8-10,13,15H,3-7,11-12H2,1-2H3,(H,26,27)(H,28,30)/t13-,15+/m1/s1. The van der Waals surface area contributed by atoms with Crippen LogP contribution in [0.3, 0.4) is 0 Å². The number of halogens is 3. The van der Waals surface area contributed by atoms with Gasteiger partial charge in [0.05, 0.1) is 18.6 Å². The molecule has 1 saturated carbocycles. The topological polar surface area (TPSA) is 130 Å². The first kappa shape index (κ1) is 24.7. The van der Waals surface area contributed by atoms with E-state index in [0.717, 1.165) is 0 Å². The Morgan fingerprint density at radius 2 is 2.08 bits per heavy atom. The molecule has 2 fully saturated rings. The number of hydrogen-bond acceptors (Lipinski definition) is 8. The lowest BCUT2D eigenvalue weighted by Gasteiger charge is -2.42. The molecule has 1 aliphatic carbocycles. The van der Waals surface area contributed by atoms with Gasteiger partial charge in [-0.3, -0.25) is 5.10 Å². The Morgan fingerprint density at radius 3 is 2.67 bits per heavy atom. The Labute approximate surface area is 205 Å². The molecule has 0 spiro atoms. The van der Waals surface area contributed by atoms with Crippen LogP contribution < -0.4 is 10.1 Å². The molecule has 1 saturated heterocycles. The van der Waals surface area contributed by atoms with E-state index in [4.69, 9.17) is 4.74 Å². The molecular formula is C21H27F3N8O3S. The zero-order valence-electron chi connectivity index (χ0n) is 19.8. The van der Waals surface area contributed by atoms with Crippen LogP contribution in [0.4, 0.5) is 19.1 Å². The predicted molar refractivity (Wildman–Crippen MR) is 124 cm³/mol. The number of H-pyrrole nitrogens is 1. The molecule has 2 aliphatic rings. The minimum atomic E-state index is -4.38. The molecule has 0 amide bonds. The SMILES string of the molecule is C[C@@H]1CN(S(C)(=O)=O)CC[C@@H]1Nc1nc2cnc(-c3cn[nH]c3)c(OCC3(C(F)(F)F)CCC3)n2n1. The summed E-state index contributed by atoms with van der Waals surface area (Å²) in [6, 6.07) is -0.0884. The van der Waals surface area contributed by atoms with Gasteiger partial charge in [-0.1, -0.05) is 13.3 Å². The van der Waals surface area contributed by atoms with Gasteiger partial charge >= 0.3 is 6.18 Å². The van der Waals surface area contributed by atoms with E-state index in [9.17, 15) is 21.6 Å². The van der Waals surface area contributed by atoms with Gasteiger partial charge in [-0.15, -0.1) is 5.10 Å². The van der Waals surface area contributed by atoms with Gasteiger partial charge in [-0.25, -0.2) is 17.7 Å². The van der Waals surface area contributed by atoms with Gasteiger partial charge in [-0.2, -0.15) is 27.8 Å². The maximum Gasteiger partial charge on any atom is 0.397 e. The average molecular weight is 529 g/mol. The highest BCUT2D eigenvalue weighted by atomic mass is 32.2. The minimum absolute atomic E-state index is 0.00910. The third kappa shape index (κ3) is 4.49. The number of piperidine rings is 1. The summed E-state index contributed by atoms with van der Waals surface area (Å²) in [5.74, 6) is 0.287. The normalized spacial score (nSPS) is 22.9. The van der Waals surface area contributed by atoms with Crippen LogP contribution in [0.15, 0.2) is 18.6 Å². The summed E-state index contributed by atoms with van der Waals surface area (Å²) in [5.41, 5.74) is -0.767. The number of alkyl halides is 3. The van der Waals surface area contributed by atoms with E-state index >= 15 is 0 Å². The smallest absolute Gasteiger partial charge is 0.397 e. The first-order valence-corrected chi connectivity index (χ1v) is 13.5. The van der Waals surface area contributed by atoms with Crippen molar-refractivity contribution in [2.75, 3.05) is 31.3 Å². The maximum absolute atomic E-state index is 13.8. The van der Waals surface area contributed by atoms with E-state index < -0.39 is 28.2 Å². The van der Waals surface area contributed by atoms with Crippen molar-refractivity contribution in [2.45, 2.75) is 44.8 Å². The molecule has 3 aromatic heterocycles. The number of aromatic amines is 1. The molecule has 0 unspecified atom stereocenters. The lowest BCUT2D eigenvalue weighted by atomic mass is 9.69. The fourth-order valence-electron chi connectivity index (χ4n) is 4.71. The summed E-state index contributed by atoms with van der Waals surface area (Å²) in [6.45, 7) is 2.12. The molecule has 1 aliphatic heterocycles. The summed E-state index contributed by atoms with van der Waals surface area (Å²) in [4.78, 5) is 8.82. The van der Waals surface area contributed by atoms with Crippen LogP contribution in [-0.2, 0) is 10.0 Å². The van der Waals surface area contributed by atoms with Gasteiger partial charge in [0.1, 0.15) is 17.7 Å². The van der Waals surface area contributed by atoms with E-state index in [-0.39, 0.29) is 36.6 Å². The first-order valence-electron chi connectivity index (χ1n) is 11.6. The van der Waals surface area contributed by atoms with Crippen molar-refractivity contribution >= 4 is 21.6 Å². The van der Waals surface area contributed by atoms with Crippen LogP contribution >= 0.6 is 0 Å². The molecule has 3 aromatic rings. The van der Waals surface area contributed by atoms with Crippen LogP contribution in [0, 0.1) is 11.3 Å². The molecule has 11 nitrogen and oxygen atoms in total. The van der Waals surface area contributed by atoms with Crippen LogP contribution in [0.5, 0.6) is 5.88 Å². The number of ether oxygens (including phenoxy) is 1. The van der Waals surface area contributed by atoms with Gasteiger partial charge < -0.3 is 10.1 Å². The van der Waals surface area contributed by atoms with Crippen molar-refractivity contribution in [2.24, 2.45) is 11.3 Å². The quantitative estimate of drug-likeness (QED) is 0.479. The van der Waals surface area contributed by atoms with Crippen molar-refractivity contribution in [3.63, 3.8) is 0 Å². The molecule has 0 radical (unpaired) electrons. The van der Waals surface area contributed by atoms with Crippen LogP contribution in [0.1, 0.15) is 32.6 Å². The molecule has 5 rings (SSSR count). The second kappa shape index (κ2) is 8.87. The molecule has 0 aromatic carbocycles. The third-order valence-electron chi connectivity index (χ3n) is 7.16. The number of nitrogens with one attached hydrogen (secondary N) is 2. The van der Waals surface area contributed by atoms with Gasteiger partial charge in [-0.05, 0) is 25.2 Å². The van der Waals surface area contributed by atoms with Crippen molar-refractivity contribution in [1.29, 1.82) is 0 Å². The van der Waals surface area contributed by atoms with Gasteiger partial charge in [0.2, 0.25) is 21.9 Å². The summed E-state index contributed by atoms with van der Waals surface area (Å²) in [5, 5.41) is 14.3. The summed E-state index contributed by atoms with van der Waals surface area (Å²) in [6.07, 6.45) is 2.41. The highest BCUT2D eigenvalue weighted by Crippen LogP contribution is 2.53. The van der Waals surface area contributed by atoms with Crippen molar-refractivity contribution in [3.05, 3.63) is 18.6 Å². The minimum Gasteiger partial charge on any atom is -0.475 e. The van der Waals surface area contributed by atoms with Crippen LogP contribution in [-0.4, -0.2) is 80.7 Å². The van der Waals surface area contributed by atoms with Crippen molar-refractivity contribution < 1.29 is 26.3 Å². The lowest BCUT2D eigenvalue weighted by molar-refractivity contribution is -0.259. The average Bonchev–Trinajstić information content (AvgIpc) is 3.42. The second-order valence-corrected chi connectivity index (χ2v) is 11.6. The van der Waals surface area contributed by atoms with Crippen molar-refractivity contribution in [1.82, 2.24) is 34.1 Å². The number of aromatic nitrogens is 6. The fraction of sp³-hybridized carbons (Fsp3) is 0.619. The summed E-state index contributed by atoms with van der Waals surface area (Å²) in [7, 11) is -3.28. The van der Waals surface area contributed by atoms with Gasteiger partial charge in [0, 0.05) is 30.9 Å². The fourth-order valence-corrected chi connectivity index (χ4v) is 5.66. The molecular weight excluding hydrogens is 501 g/mol. The number of hydrogen-bond donors (Lipinski definition) is 2. The number of sulfonamides is 1. The number of rotatable bonds is 7. The Kier molecular flexibility index (Phi) is 6.09. The Morgan fingerprint density at radius 1 is 1.31 bits per heavy atom. The number of nitrogens with zero attached hydrogens (tertiary/aromatic N) is 6. The van der Waals surface area contributed by atoms with E-state index in [1.807, 2.05) is 6.92 Å². The Balaban J connectivity index is 1.43. The highest BCUT2D eigenvalue weighted by molar-refractivity contribution is 7.88. The molecule has 2 N–H and O–H groups in total. The van der Waals surface area contributed by atoms with Gasteiger partial charge in [0.25, 0.3) is 0 Å². The van der Waals surface area contributed by atoms with Crippen LogP contribution in [0.25, 0.3) is 16.9 Å². The zero-order chi connectivity index (χ0) is 25.7. The molecule has 196 valence electrons. The largest absolute Gasteiger partial charge is 0.475 e. The van der Waals surface area contributed by atoms with E-state index in [0.29, 0.717) is 42.8 Å². The third-order valence-corrected chi connectivity index (χ3v) is 8.43. The molecule has 4 heterocycles. The zero-order valence-corrected chi connectivity index (χ0v) is 20.6. The number of fused-ring (bicyclic) bond motifs is 1. The lowest BCUT2D eigenvalue weighted by Crippen LogP contribution is -2.48. The number of anilines is 1. The first-order chi connectivity index (χ1) is 17.0. The van der Waals surface area contributed by atoms with E-state index in [1.54, 1.807) is 6.20 Å². The van der Waals surface area contributed by atoms with Crippen molar-refractivity contribution in [3.8, 4) is 17.1 Å². The van der Waals surface area contributed by atoms with E-state index in [2.05, 4.69) is 30.6 Å². The Bertz CT molecular complexity index is 1340. The Hall–Kier alpha value is -2.94. The van der Waals surface area contributed by atoms with E-state index in [1.165, 1.54) is 27.5 Å². The predicted octanol–water partition coefficient (Wildman–Crippen LogP) is 2.71. The molecule has 2 atom stereocenters. The molecule has 0 bridgehead atoms. The monoisotopic (exact) mass is 528 g/mol. The second-order valence-electron chi connectivity index (χ2n) is 9.66. The summed E-state index contributed by atoms with van der Waals surface area (Å²) >= 11 is 0. The summed E-state index contributed by atoms with van der Waals surface area (Å²) < 4.78 is 73.6. The highest BCUT2D eigenvalue weighted by Gasteiger charge is 2.59. The maximum atomic E-state index is 13.8. The molecule has 36 heavy (non-hydrogen) atoms. The van der Waals surface area contributed by atoms with Crippen LogP contribution in [0.2, 0.25) is 0 Å². The molecule has 15 heteroatoms. The van der Waals surface area contributed by atoms with Gasteiger partial charge in [0.15, 0.2) is 5.65 Å².